The Morgan fingerprint density at radius 1 is 1.04 bits per heavy atom. The van der Waals surface area contributed by atoms with Gasteiger partial charge in [0.25, 0.3) is 0 Å². The predicted molar refractivity (Wildman–Crippen MR) is 93.5 cm³/mol. The number of phenols is 1. The molecule has 3 N–H and O–H groups in total. The number of hydrogen-bond acceptors (Lipinski definition) is 2. The fourth-order valence-electron chi connectivity index (χ4n) is 2.83. The van der Waals surface area contributed by atoms with E-state index in [9.17, 15) is 9.90 Å². The van der Waals surface area contributed by atoms with Crippen LogP contribution in [0.15, 0.2) is 42.5 Å². The molecule has 122 valence electrons. The van der Waals surface area contributed by atoms with Gasteiger partial charge >= 0.3 is 0 Å². The quantitative estimate of drug-likeness (QED) is 0.729. The molecule has 2 aromatic carbocycles. The van der Waals surface area contributed by atoms with Crippen molar-refractivity contribution in [2.75, 3.05) is 0 Å². The number of nitrogens with two attached hydrogens (primary N) is 1. The topological polar surface area (TPSA) is 63.3 Å². The zero-order valence-corrected chi connectivity index (χ0v) is 13.7. The molecular formula is C20H25NO2. The Balaban J connectivity index is 2.30. The number of hydrogen-bond donors (Lipinski definition) is 2. The first-order valence-corrected chi connectivity index (χ1v) is 8.26. The largest absolute Gasteiger partial charge is 0.507 e. The van der Waals surface area contributed by atoms with Crippen LogP contribution in [0.3, 0.4) is 0 Å². The number of unbranched alkanes of at least 4 members (excludes halogenated alkanes) is 2. The number of aryl methyl sites for hydroxylation is 1. The number of rotatable bonds is 8. The normalized spacial score (nSPS) is 10.7. The molecule has 0 aliphatic carbocycles. The summed E-state index contributed by atoms with van der Waals surface area (Å²) in [6.45, 7) is 2.18. The van der Waals surface area contributed by atoms with E-state index in [1.54, 1.807) is 0 Å². The lowest BCUT2D eigenvalue weighted by molar-refractivity contribution is -0.117. The van der Waals surface area contributed by atoms with E-state index in [0.717, 1.165) is 24.0 Å². The van der Waals surface area contributed by atoms with Gasteiger partial charge in [0, 0.05) is 12.0 Å². The number of benzene rings is 2. The van der Waals surface area contributed by atoms with Gasteiger partial charge in [-0.2, -0.15) is 0 Å². The van der Waals surface area contributed by atoms with Crippen molar-refractivity contribution in [2.45, 2.75) is 45.4 Å². The Labute approximate surface area is 138 Å². The van der Waals surface area contributed by atoms with Gasteiger partial charge in [0.2, 0.25) is 5.91 Å². The molecule has 3 heteroatoms. The van der Waals surface area contributed by atoms with Gasteiger partial charge in [-0.05, 0) is 29.5 Å². The first-order chi connectivity index (χ1) is 11.1. The number of primary amides is 1. The summed E-state index contributed by atoms with van der Waals surface area (Å²) in [6.07, 6.45) is 5.15. The Morgan fingerprint density at radius 2 is 1.74 bits per heavy atom. The number of carbonyl (C=O) groups excluding carboxylic acids is 1. The minimum Gasteiger partial charge on any atom is -0.507 e. The summed E-state index contributed by atoms with van der Waals surface area (Å²) in [7, 11) is 0. The van der Waals surface area contributed by atoms with Crippen LogP contribution in [0.1, 0.15) is 48.4 Å². The molecule has 0 saturated carbocycles. The highest BCUT2D eigenvalue weighted by Gasteiger charge is 2.12. The van der Waals surface area contributed by atoms with Crippen LogP contribution in [-0.4, -0.2) is 11.0 Å². The molecule has 1 amide bonds. The second-order valence-electron chi connectivity index (χ2n) is 6.03. The van der Waals surface area contributed by atoms with Crippen molar-refractivity contribution in [2.24, 2.45) is 5.73 Å². The van der Waals surface area contributed by atoms with E-state index >= 15 is 0 Å². The monoisotopic (exact) mass is 311 g/mol. The Hall–Kier alpha value is -2.29. The summed E-state index contributed by atoms with van der Waals surface area (Å²) < 4.78 is 0. The van der Waals surface area contributed by atoms with Gasteiger partial charge < -0.3 is 10.8 Å². The minimum atomic E-state index is -0.420. The molecule has 0 heterocycles. The molecule has 0 aromatic heterocycles. The van der Waals surface area contributed by atoms with Crippen LogP contribution in [0, 0.1) is 0 Å². The maximum absolute atomic E-state index is 11.3. The van der Waals surface area contributed by atoms with Gasteiger partial charge in [-0.1, -0.05) is 62.2 Å². The van der Waals surface area contributed by atoms with Crippen molar-refractivity contribution in [3.8, 4) is 5.75 Å². The standard InChI is InChI=1S/C20H25NO2/c1-2-3-5-10-16-12-17(11-15-8-6-4-7-9-15)20(23)18(13-16)14-19(21)22/h4,6-9,12-13,23H,2-3,5,10-11,14H2,1H3,(H2,21,22). The summed E-state index contributed by atoms with van der Waals surface area (Å²) in [4.78, 5) is 11.3. The fraction of sp³-hybridized carbons (Fsp3) is 0.350. The molecule has 0 fully saturated rings. The highest BCUT2D eigenvalue weighted by atomic mass is 16.3. The van der Waals surface area contributed by atoms with E-state index in [1.807, 2.05) is 36.4 Å². The number of aromatic hydroxyl groups is 1. The van der Waals surface area contributed by atoms with Crippen molar-refractivity contribution < 1.29 is 9.90 Å². The van der Waals surface area contributed by atoms with Crippen molar-refractivity contribution in [1.82, 2.24) is 0 Å². The average Bonchev–Trinajstić information content (AvgIpc) is 2.52. The van der Waals surface area contributed by atoms with Crippen molar-refractivity contribution in [3.63, 3.8) is 0 Å². The smallest absolute Gasteiger partial charge is 0.221 e. The van der Waals surface area contributed by atoms with E-state index in [1.165, 1.54) is 18.4 Å². The zero-order valence-electron chi connectivity index (χ0n) is 13.7. The average molecular weight is 311 g/mol. The molecule has 2 rings (SSSR count). The molecule has 3 nitrogen and oxygen atoms in total. The predicted octanol–water partition coefficient (Wildman–Crippen LogP) is 3.74. The van der Waals surface area contributed by atoms with Gasteiger partial charge in [-0.15, -0.1) is 0 Å². The first-order valence-electron chi connectivity index (χ1n) is 8.26. The molecule has 0 saturated heterocycles. The van der Waals surface area contributed by atoms with Crippen LogP contribution in [0.25, 0.3) is 0 Å². The molecule has 0 radical (unpaired) electrons. The summed E-state index contributed by atoms with van der Waals surface area (Å²) in [5.41, 5.74) is 9.12. The molecule has 0 unspecified atom stereocenters. The molecule has 0 bridgehead atoms. The van der Waals surface area contributed by atoms with Crippen LogP contribution in [-0.2, 0) is 24.1 Å². The highest BCUT2D eigenvalue weighted by Crippen LogP contribution is 2.28. The van der Waals surface area contributed by atoms with Crippen molar-refractivity contribution in [1.29, 1.82) is 0 Å². The van der Waals surface area contributed by atoms with Gasteiger partial charge in [0.1, 0.15) is 5.75 Å². The van der Waals surface area contributed by atoms with E-state index in [2.05, 4.69) is 13.0 Å². The maximum Gasteiger partial charge on any atom is 0.221 e. The van der Waals surface area contributed by atoms with Gasteiger partial charge in [-0.3, -0.25) is 4.79 Å². The summed E-state index contributed by atoms with van der Waals surface area (Å²) in [6, 6.07) is 14.0. The first kappa shape index (κ1) is 17.1. The van der Waals surface area contributed by atoms with Crippen molar-refractivity contribution in [3.05, 3.63) is 64.7 Å². The number of amides is 1. The minimum absolute atomic E-state index is 0.0786. The molecule has 0 aliphatic rings. The second-order valence-corrected chi connectivity index (χ2v) is 6.03. The second kappa shape index (κ2) is 8.37. The Bertz CT molecular complexity index is 650. The van der Waals surface area contributed by atoms with E-state index < -0.39 is 5.91 Å². The van der Waals surface area contributed by atoms with Crippen LogP contribution in [0.5, 0.6) is 5.75 Å². The summed E-state index contributed by atoms with van der Waals surface area (Å²) in [5, 5.41) is 10.5. The van der Waals surface area contributed by atoms with Crippen LogP contribution in [0.4, 0.5) is 0 Å². The van der Waals surface area contributed by atoms with Crippen LogP contribution >= 0.6 is 0 Å². The third-order valence-corrected chi connectivity index (χ3v) is 4.00. The number of phenolic OH excluding ortho intramolecular Hbond substituents is 1. The molecular weight excluding hydrogens is 286 g/mol. The van der Waals surface area contributed by atoms with Crippen LogP contribution < -0.4 is 5.73 Å². The Kier molecular flexibility index (Phi) is 6.21. The molecule has 0 spiro atoms. The molecule has 2 aromatic rings. The lowest BCUT2D eigenvalue weighted by atomic mass is 9.94. The summed E-state index contributed by atoms with van der Waals surface area (Å²) in [5.74, 6) is -0.219. The molecule has 0 atom stereocenters. The fourth-order valence-corrected chi connectivity index (χ4v) is 2.83. The third-order valence-electron chi connectivity index (χ3n) is 4.00. The molecule has 0 aliphatic heterocycles. The SMILES string of the molecule is CCCCCc1cc(CC(N)=O)c(O)c(Cc2ccccc2)c1. The van der Waals surface area contributed by atoms with Gasteiger partial charge in [0.05, 0.1) is 6.42 Å². The van der Waals surface area contributed by atoms with Crippen molar-refractivity contribution >= 4 is 5.91 Å². The van der Waals surface area contributed by atoms with Gasteiger partial charge in [0.15, 0.2) is 0 Å². The third kappa shape index (κ3) is 5.13. The van der Waals surface area contributed by atoms with E-state index in [-0.39, 0.29) is 12.2 Å². The summed E-state index contributed by atoms with van der Waals surface area (Å²) >= 11 is 0. The van der Waals surface area contributed by atoms with Gasteiger partial charge in [-0.25, -0.2) is 0 Å². The van der Waals surface area contributed by atoms with Crippen LogP contribution in [0.2, 0.25) is 0 Å². The Morgan fingerprint density at radius 3 is 2.39 bits per heavy atom. The number of carbonyl (C=O) groups is 1. The van der Waals surface area contributed by atoms with E-state index in [0.29, 0.717) is 12.0 Å². The lowest BCUT2D eigenvalue weighted by Gasteiger charge is -2.13. The molecule has 23 heavy (non-hydrogen) atoms. The van der Waals surface area contributed by atoms with E-state index in [4.69, 9.17) is 5.73 Å². The zero-order chi connectivity index (χ0) is 16.7. The maximum atomic E-state index is 11.3. The highest BCUT2D eigenvalue weighted by molar-refractivity contribution is 5.77. The lowest BCUT2D eigenvalue weighted by Crippen LogP contribution is -2.14.